The lowest BCUT2D eigenvalue weighted by atomic mass is 9.80. The Bertz CT molecular complexity index is 255. The molecule has 2 aliphatic rings. The maximum atomic E-state index is 11.7. The maximum absolute atomic E-state index is 11.7. The SMILES string of the molecule is CC(C)(N)CN1CC(C2CCC2)NC1=O. The van der Waals surface area contributed by atoms with Crippen LogP contribution in [0.1, 0.15) is 33.1 Å². The van der Waals surface area contributed by atoms with E-state index in [-0.39, 0.29) is 11.6 Å². The summed E-state index contributed by atoms with van der Waals surface area (Å²) >= 11 is 0. The molecule has 2 amide bonds. The van der Waals surface area contributed by atoms with Crippen LogP contribution in [-0.4, -0.2) is 35.6 Å². The van der Waals surface area contributed by atoms with Gasteiger partial charge in [0.15, 0.2) is 0 Å². The maximum Gasteiger partial charge on any atom is 0.317 e. The summed E-state index contributed by atoms with van der Waals surface area (Å²) in [6, 6.07) is 0.430. The molecule has 1 saturated carbocycles. The second-order valence-electron chi connectivity index (χ2n) is 5.62. The van der Waals surface area contributed by atoms with Crippen molar-refractivity contribution in [3.05, 3.63) is 0 Å². The Morgan fingerprint density at radius 3 is 2.67 bits per heavy atom. The van der Waals surface area contributed by atoms with E-state index in [1.54, 1.807) is 0 Å². The lowest BCUT2D eigenvalue weighted by molar-refractivity contribution is 0.205. The van der Waals surface area contributed by atoms with Crippen LogP contribution in [0.25, 0.3) is 0 Å². The third kappa shape index (κ3) is 2.43. The zero-order chi connectivity index (χ0) is 11.1. The Kier molecular flexibility index (Phi) is 2.63. The van der Waals surface area contributed by atoms with Gasteiger partial charge in [-0.05, 0) is 32.6 Å². The van der Waals surface area contributed by atoms with Gasteiger partial charge in [-0.2, -0.15) is 0 Å². The molecule has 1 aliphatic heterocycles. The minimum atomic E-state index is -0.300. The molecule has 3 N–H and O–H groups in total. The van der Waals surface area contributed by atoms with Crippen LogP contribution in [0.3, 0.4) is 0 Å². The quantitative estimate of drug-likeness (QED) is 0.729. The van der Waals surface area contributed by atoms with E-state index in [9.17, 15) is 4.79 Å². The van der Waals surface area contributed by atoms with Gasteiger partial charge in [-0.3, -0.25) is 0 Å². The average Bonchev–Trinajstić information content (AvgIpc) is 2.24. The zero-order valence-corrected chi connectivity index (χ0v) is 9.62. The van der Waals surface area contributed by atoms with Crippen LogP contribution in [0.5, 0.6) is 0 Å². The summed E-state index contributed by atoms with van der Waals surface area (Å²) in [5.41, 5.74) is 5.62. The highest BCUT2D eigenvalue weighted by molar-refractivity contribution is 5.77. The fraction of sp³-hybridized carbons (Fsp3) is 0.909. The third-order valence-corrected chi connectivity index (χ3v) is 3.33. The normalized spacial score (nSPS) is 27.8. The van der Waals surface area contributed by atoms with Crippen molar-refractivity contribution in [2.45, 2.75) is 44.7 Å². The van der Waals surface area contributed by atoms with Gasteiger partial charge in [0.1, 0.15) is 0 Å². The van der Waals surface area contributed by atoms with E-state index in [0.717, 1.165) is 6.54 Å². The van der Waals surface area contributed by atoms with Crippen LogP contribution in [-0.2, 0) is 0 Å². The van der Waals surface area contributed by atoms with Crippen molar-refractivity contribution in [3.8, 4) is 0 Å². The number of carbonyl (C=O) groups is 1. The van der Waals surface area contributed by atoms with E-state index in [1.807, 2.05) is 18.7 Å². The van der Waals surface area contributed by atoms with Gasteiger partial charge >= 0.3 is 6.03 Å². The molecule has 2 fully saturated rings. The average molecular weight is 211 g/mol. The number of urea groups is 1. The molecule has 0 aromatic rings. The smallest absolute Gasteiger partial charge is 0.317 e. The van der Waals surface area contributed by atoms with Crippen LogP contribution >= 0.6 is 0 Å². The molecule has 1 saturated heterocycles. The molecule has 2 rings (SSSR count). The molecular formula is C11H21N3O. The van der Waals surface area contributed by atoms with Crippen molar-refractivity contribution >= 4 is 6.03 Å². The number of amides is 2. The van der Waals surface area contributed by atoms with Crippen molar-refractivity contribution in [3.63, 3.8) is 0 Å². The summed E-state index contributed by atoms with van der Waals surface area (Å²) < 4.78 is 0. The second-order valence-corrected chi connectivity index (χ2v) is 5.62. The fourth-order valence-electron chi connectivity index (χ4n) is 2.35. The summed E-state index contributed by atoms with van der Waals surface area (Å²) in [5.74, 6) is 0.708. The largest absolute Gasteiger partial charge is 0.333 e. The third-order valence-electron chi connectivity index (χ3n) is 3.33. The Hall–Kier alpha value is -0.770. The van der Waals surface area contributed by atoms with Gasteiger partial charge in [0, 0.05) is 18.6 Å². The lowest BCUT2D eigenvalue weighted by Crippen LogP contribution is -2.46. The van der Waals surface area contributed by atoms with Gasteiger partial charge in [-0.25, -0.2) is 4.79 Å². The number of hydrogen-bond donors (Lipinski definition) is 2. The van der Waals surface area contributed by atoms with Crippen LogP contribution in [0.15, 0.2) is 0 Å². The van der Waals surface area contributed by atoms with E-state index in [1.165, 1.54) is 19.3 Å². The van der Waals surface area contributed by atoms with Crippen molar-refractivity contribution < 1.29 is 4.79 Å². The monoisotopic (exact) mass is 211 g/mol. The molecule has 4 heteroatoms. The van der Waals surface area contributed by atoms with E-state index < -0.39 is 0 Å². The van der Waals surface area contributed by atoms with Crippen molar-refractivity contribution in [1.82, 2.24) is 10.2 Å². The Balaban J connectivity index is 1.89. The van der Waals surface area contributed by atoms with Crippen molar-refractivity contribution in [2.24, 2.45) is 11.7 Å². The molecule has 1 heterocycles. The van der Waals surface area contributed by atoms with Crippen molar-refractivity contribution in [1.29, 1.82) is 0 Å². The summed E-state index contributed by atoms with van der Waals surface area (Å²) in [4.78, 5) is 13.5. The van der Waals surface area contributed by atoms with E-state index in [2.05, 4.69) is 5.32 Å². The number of nitrogens with one attached hydrogen (secondary N) is 1. The highest BCUT2D eigenvalue weighted by Gasteiger charge is 2.37. The number of hydrogen-bond acceptors (Lipinski definition) is 2. The standard InChI is InChI=1S/C11H21N3O/c1-11(2,12)7-14-6-9(13-10(14)15)8-4-3-5-8/h8-9H,3-7,12H2,1-2H3,(H,13,15). The first-order chi connectivity index (χ1) is 6.96. The first kappa shape index (κ1) is 10.7. The first-order valence-corrected chi connectivity index (χ1v) is 5.80. The summed E-state index contributed by atoms with van der Waals surface area (Å²) in [5, 5.41) is 3.06. The van der Waals surface area contributed by atoms with E-state index in [0.29, 0.717) is 18.5 Å². The Morgan fingerprint density at radius 2 is 2.20 bits per heavy atom. The molecule has 1 aliphatic carbocycles. The van der Waals surface area contributed by atoms with Crippen LogP contribution in [0.2, 0.25) is 0 Å². The second kappa shape index (κ2) is 3.67. The zero-order valence-electron chi connectivity index (χ0n) is 9.62. The van der Waals surface area contributed by atoms with E-state index >= 15 is 0 Å². The molecular weight excluding hydrogens is 190 g/mol. The topological polar surface area (TPSA) is 58.4 Å². The minimum Gasteiger partial charge on any atom is -0.333 e. The molecule has 0 radical (unpaired) electrons. The Labute approximate surface area is 91.2 Å². The van der Waals surface area contributed by atoms with Crippen LogP contribution < -0.4 is 11.1 Å². The fourth-order valence-corrected chi connectivity index (χ4v) is 2.35. The molecule has 1 unspecified atom stereocenters. The highest BCUT2D eigenvalue weighted by atomic mass is 16.2. The first-order valence-electron chi connectivity index (χ1n) is 5.80. The van der Waals surface area contributed by atoms with E-state index in [4.69, 9.17) is 5.73 Å². The van der Waals surface area contributed by atoms with Gasteiger partial charge in [0.25, 0.3) is 0 Å². The predicted molar refractivity (Wildman–Crippen MR) is 59.5 cm³/mol. The molecule has 4 nitrogen and oxygen atoms in total. The Morgan fingerprint density at radius 1 is 1.53 bits per heavy atom. The summed E-state index contributed by atoms with van der Waals surface area (Å²) in [6.07, 6.45) is 3.86. The summed E-state index contributed by atoms with van der Waals surface area (Å²) in [7, 11) is 0. The van der Waals surface area contributed by atoms with Gasteiger partial charge in [0.05, 0.1) is 6.04 Å². The summed E-state index contributed by atoms with van der Waals surface area (Å²) in [6.45, 7) is 5.39. The van der Waals surface area contributed by atoms with Gasteiger partial charge < -0.3 is 16.0 Å². The molecule has 0 aromatic carbocycles. The van der Waals surface area contributed by atoms with Crippen LogP contribution in [0.4, 0.5) is 4.79 Å². The molecule has 0 aromatic heterocycles. The number of rotatable bonds is 3. The molecule has 1 atom stereocenters. The number of nitrogens with two attached hydrogens (primary N) is 1. The minimum absolute atomic E-state index is 0.0606. The van der Waals surface area contributed by atoms with Gasteiger partial charge in [-0.1, -0.05) is 6.42 Å². The molecule has 15 heavy (non-hydrogen) atoms. The van der Waals surface area contributed by atoms with Gasteiger partial charge in [0.2, 0.25) is 0 Å². The number of carbonyl (C=O) groups excluding carboxylic acids is 1. The van der Waals surface area contributed by atoms with Crippen LogP contribution in [0, 0.1) is 5.92 Å². The molecule has 0 bridgehead atoms. The highest BCUT2D eigenvalue weighted by Crippen LogP contribution is 2.31. The molecule has 86 valence electrons. The predicted octanol–water partition coefficient (Wildman–Crippen LogP) is 0.918. The van der Waals surface area contributed by atoms with Gasteiger partial charge in [-0.15, -0.1) is 0 Å². The number of nitrogens with zero attached hydrogens (tertiary/aromatic N) is 1. The molecule has 0 spiro atoms. The van der Waals surface area contributed by atoms with Crippen molar-refractivity contribution in [2.75, 3.05) is 13.1 Å². The lowest BCUT2D eigenvalue weighted by Gasteiger charge is -2.31.